The third-order valence-corrected chi connectivity index (χ3v) is 10.7. The first-order chi connectivity index (χ1) is 7.78. The molecule has 0 spiro atoms. The molecule has 1 heterocycles. The zero-order valence-corrected chi connectivity index (χ0v) is 12.6. The molecular formula is C12H10N2Se2. The van der Waals surface area contributed by atoms with Gasteiger partial charge in [-0.05, 0) is 0 Å². The molecule has 0 aliphatic carbocycles. The van der Waals surface area contributed by atoms with Crippen LogP contribution >= 0.6 is 0 Å². The Kier molecular flexibility index (Phi) is 3.38. The Morgan fingerprint density at radius 2 is 1.25 bits per heavy atom. The van der Waals surface area contributed by atoms with E-state index >= 15 is 0 Å². The van der Waals surface area contributed by atoms with Crippen molar-refractivity contribution in [1.82, 2.24) is 0 Å². The van der Waals surface area contributed by atoms with Crippen LogP contribution in [0.25, 0.3) is 8.52 Å². The van der Waals surface area contributed by atoms with E-state index in [1.807, 2.05) is 0 Å². The maximum atomic E-state index is 9.23. The van der Waals surface area contributed by atoms with Gasteiger partial charge < -0.3 is 0 Å². The molecular weight excluding hydrogens is 330 g/mol. The molecule has 0 fully saturated rings. The van der Waals surface area contributed by atoms with Crippen LogP contribution in [0.2, 0.25) is 0 Å². The molecule has 2 nitrogen and oxygen atoms in total. The minimum atomic E-state index is 0.594. The van der Waals surface area contributed by atoms with Crippen LogP contribution in [0, 0.1) is 22.7 Å². The number of fused-ring (bicyclic) bond motifs is 1. The third kappa shape index (κ3) is 1.51. The molecule has 4 heteroatoms. The number of nitrogens with zero attached hydrogens (tertiary/aromatic N) is 2. The number of nitriles is 2. The summed E-state index contributed by atoms with van der Waals surface area (Å²) in [6.07, 6.45) is 1.75. The van der Waals surface area contributed by atoms with Gasteiger partial charge in [0.1, 0.15) is 0 Å². The van der Waals surface area contributed by atoms with Crippen LogP contribution < -0.4 is 0 Å². The molecule has 0 amide bonds. The van der Waals surface area contributed by atoms with E-state index in [0.29, 0.717) is 36.4 Å². The van der Waals surface area contributed by atoms with E-state index in [1.165, 1.54) is 8.52 Å². The number of benzene rings is 1. The second-order valence-electron chi connectivity index (χ2n) is 3.46. The maximum absolute atomic E-state index is 9.23. The first-order valence-corrected chi connectivity index (χ1v) is 11.2. The molecule has 2 aromatic rings. The molecule has 1 aromatic heterocycles. The monoisotopic (exact) mass is 342 g/mol. The van der Waals surface area contributed by atoms with Gasteiger partial charge in [-0.1, -0.05) is 0 Å². The molecule has 0 atom stereocenters. The predicted molar refractivity (Wildman–Crippen MR) is 66.0 cm³/mol. The summed E-state index contributed by atoms with van der Waals surface area (Å²) in [5, 5.41) is 18.5. The van der Waals surface area contributed by atoms with Crippen molar-refractivity contribution in [2.45, 2.75) is 26.7 Å². The van der Waals surface area contributed by atoms with Crippen molar-refractivity contribution in [2.24, 2.45) is 0 Å². The molecule has 0 aliphatic heterocycles. The quantitative estimate of drug-likeness (QED) is 0.783. The molecule has 0 N–H and O–H groups in total. The molecule has 80 valence electrons. The molecule has 0 bridgehead atoms. The summed E-state index contributed by atoms with van der Waals surface area (Å²) in [5.41, 5.74) is 3.61. The van der Waals surface area contributed by atoms with E-state index in [-0.39, 0.29) is 0 Å². The second kappa shape index (κ2) is 4.62. The fourth-order valence-electron chi connectivity index (χ4n) is 1.95. The van der Waals surface area contributed by atoms with E-state index in [9.17, 15) is 10.5 Å². The van der Waals surface area contributed by atoms with Gasteiger partial charge in [-0.15, -0.1) is 0 Å². The van der Waals surface area contributed by atoms with Gasteiger partial charge in [0, 0.05) is 0 Å². The van der Waals surface area contributed by atoms with Crippen LogP contribution in [-0.2, 0) is 12.8 Å². The number of hydrogen-bond acceptors (Lipinski definition) is 2. The standard InChI is InChI=1S/C12H10N2Se2/c1-3-7-9(5-13)10(6-14)8(4-2)12-11(7)15-16-12/h3-4H2,1-2H3. The zero-order valence-electron chi connectivity index (χ0n) is 9.13. The van der Waals surface area contributed by atoms with Gasteiger partial charge in [-0.2, -0.15) is 0 Å². The summed E-state index contributed by atoms with van der Waals surface area (Å²) >= 11 is 1.19. The van der Waals surface area contributed by atoms with Gasteiger partial charge in [0.25, 0.3) is 0 Å². The van der Waals surface area contributed by atoms with Crippen molar-refractivity contribution in [1.29, 1.82) is 10.5 Å². The van der Waals surface area contributed by atoms with Crippen LogP contribution in [0.15, 0.2) is 0 Å². The molecule has 1 aromatic carbocycles. The Balaban J connectivity index is 2.92. The SMILES string of the molecule is CCc1c(C#N)c(C#N)c(CC)c2[se][se]c12. The number of rotatable bonds is 2. The van der Waals surface area contributed by atoms with Crippen molar-refractivity contribution in [3.8, 4) is 12.1 Å². The Morgan fingerprint density at radius 1 is 0.875 bits per heavy atom. The summed E-state index contributed by atoms with van der Waals surface area (Å²) in [6, 6.07) is 4.47. The average molecular weight is 340 g/mol. The van der Waals surface area contributed by atoms with Crippen molar-refractivity contribution in [3.05, 3.63) is 22.3 Å². The molecule has 0 saturated carbocycles. The fourth-order valence-corrected chi connectivity index (χ4v) is 9.37. The van der Waals surface area contributed by atoms with Crippen LogP contribution in [-0.4, -0.2) is 25.3 Å². The Bertz CT molecular complexity index is 565. The van der Waals surface area contributed by atoms with Crippen LogP contribution in [0.4, 0.5) is 0 Å². The van der Waals surface area contributed by atoms with E-state index in [2.05, 4.69) is 26.0 Å². The molecule has 16 heavy (non-hydrogen) atoms. The van der Waals surface area contributed by atoms with Crippen molar-refractivity contribution >= 4 is 33.8 Å². The first kappa shape index (κ1) is 11.7. The number of aryl methyl sites for hydroxylation is 2. The Hall–Kier alpha value is -0.761. The van der Waals surface area contributed by atoms with E-state index in [1.54, 1.807) is 0 Å². The van der Waals surface area contributed by atoms with E-state index < -0.39 is 0 Å². The fraction of sp³-hybridized carbons (Fsp3) is 0.333. The van der Waals surface area contributed by atoms with Gasteiger partial charge in [0.05, 0.1) is 0 Å². The van der Waals surface area contributed by atoms with Gasteiger partial charge in [-0.3, -0.25) is 0 Å². The van der Waals surface area contributed by atoms with E-state index in [0.717, 1.165) is 24.0 Å². The second-order valence-corrected chi connectivity index (χ2v) is 9.51. The minimum absolute atomic E-state index is 0.594. The van der Waals surface area contributed by atoms with Gasteiger partial charge in [0.2, 0.25) is 0 Å². The van der Waals surface area contributed by atoms with Crippen molar-refractivity contribution in [3.63, 3.8) is 0 Å². The molecule has 2 rings (SSSR count). The average Bonchev–Trinajstić information content (AvgIpc) is 2.28. The molecule has 0 aliphatic rings. The van der Waals surface area contributed by atoms with Crippen LogP contribution in [0.1, 0.15) is 36.1 Å². The van der Waals surface area contributed by atoms with Crippen LogP contribution in [0.5, 0.6) is 0 Å². The first-order valence-electron chi connectivity index (χ1n) is 5.14. The van der Waals surface area contributed by atoms with Gasteiger partial charge in [-0.25, -0.2) is 0 Å². The topological polar surface area (TPSA) is 47.6 Å². The van der Waals surface area contributed by atoms with Gasteiger partial charge in [0.15, 0.2) is 0 Å². The zero-order chi connectivity index (χ0) is 11.7. The Labute approximate surface area is 105 Å². The molecule has 0 saturated heterocycles. The summed E-state index contributed by atoms with van der Waals surface area (Å²) in [7, 11) is 0. The molecule has 0 radical (unpaired) electrons. The van der Waals surface area contributed by atoms with Crippen molar-refractivity contribution < 1.29 is 0 Å². The third-order valence-electron chi connectivity index (χ3n) is 2.75. The summed E-state index contributed by atoms with van der Waals surface area (Å²) in [6.45, 7) is 4.15. The van der Waals surface area contributed by atoms with Crippen molar-refractivity contribution in [2.75, 3.05) is 0 Å². The predicted octanol–water partition coefficient (Wildman–Crippen LogP) is 1.82. The van der Waals surface area contributed by atoms with E-state index in [4.69, 9.17) is 0 Å². The summed E-state index contributed by atoms with van der Waals surface area (Å²) in [4.78, 5) is 0. The molecule has 0 unspecified atom stereocenters. The Morgan fingerprint density at radius 3 is 1.44 bits per heavy atom. The normalized spacial score (nSPS) is 10.2. The van der Waals surface area contributed by atoms with Gasteiger partial charge >= 0.3 is 105 Å². The summed E-state index contributed by atoms with van der Waals surface area (Å²) in [5.74, 6) is 0. The summed E-state index contributed by atoms with van der Waals surface area (Å²) < 4.78 is 2.87. The van der Waals surface area contributed by atoms with Crippen LogP contribution in [0.3, 0.4) is 0 Å². The number of hydrogen-bond donors (Lipinski definition) is 0.